The Hall–Kier alpha value is -0.860. The van der Waals surface area contributed by atoms with Crippen LogP contribution in [-0.2, 0) is 6.42 Å². The summed E-state index contributed by atoms with van der Waals surface area (Å²) in [5.41, 5.74) is 2.76. The van der Waals surface area contributed by atoms with Crippen molar-refractivity contribution >= 4 is 0 Å². The van der Waals surface area contributed by atoms with E-state index in [4.69, 9.17) is 5.11 Å². The number of hydrogen-bond acceptors (Lipinski definition) is 2. The van der Waals surface area contributed by atoms with Gasteiger partial charge in [-0.2, -0.15) is 0 Å². The van der Waals surface area contributed by atoms with E-state index < -0.39 is 0 Å². The second-order valence-corrected chi connectivity index (χ2v) is 5.35. The summed E-state index contributed by atoms with van der Waals surface area (Å²) in [6, 6.07) is 9.70. The van der Waals surface area contributed by atoms with Gasteiger partial charge in [0, 0.05) is 18.7 Å². The van der Waals surface area contributed by atoms with Crippen LogP contribution < -0.4 is 5.32 Å². The summed E-state index contributed by atoms with van der Waals surface area (Å²) >= 11 is 0. The van der Waals surface area contributed by atoms with Crippen LogP contribution in [0.1, 0.15) is 63.6 Å². The molecular weight excluding hydrogens is 234 g/mol. The third-order valence-corrected chi connectivity index (χ3v) is 3.75. The average molecular weight is 263 g/mol. The summed E-state index contributed by atoms with van der Waals surface area (Å²) in [6.07, 6.45) is 5.58. The number of rotatable bonds is 9. The van der Waals surface area contributed by atoms with Crippen LogP contribution in [0.5, 0.6) is 0 Å². The lowest BCUT2D eigenvalue weighted by Gasteiger charge is -2.22. The van der Waals surface area contributed by atoms with Crippen LogP contribution in [0.4, 0.5) is 0 Å². The van der Waals surface area contributed by atoms with Crippen LogP contribution in [0, 0.1) is 0 Å². The van der Waals surface area contributed by atoms with E-state index in [1.807, 2.05) is 0 Å². The first kappa shape index (κ1) is 16.2. The molecule has 0 aliphatic heterocycles. The second-order valence-electron chi connectivity index (χ2n) is 5.35. The minimum absolute atomic E-state index is 0.258. The van der Waals surface area contributed by atoms with Crippen LogP contribution in [-0.4, -0.2) is 17.8 Å². The molecular formula is C17H29NO. The molecule has 0 aliphatic carbocycles. The standard InChI is InChI=1S/C17H29NO/c1-4-6-7-15-8-10-16(11-9-15)14(3)18-17(5-2)12-13-19/h8-11,14,17-19H,4-7,12-13H2,1-3H3. The van der Waals surface area contributed by atoms with Crippen LogP contribution in [0.2, 0.25) is 0 Å². The summed E-state index contributed by atoms with van der Waals surface area (Å²) in [7, 11) is 0. The molecule has 0 saturated heterocycles. The fourth-order valence-corrected chi connectivity index (χ4v) is 2.36. The fraction of sp³-hybridized carbons (Fsp3) is 0.647. The SMILES string of the molecule is CCCCc1ccc(C(C)NC(CC)CCO)cc1. The van der Waals surface area contributed by atoms with E-state index >= 15 is 0 Å². The number of aliphatic hydroxyl groups excluding tert-OH is 1. The van der Waals surface area contributed by atoms with Crippen LogP contribution in [0.25, 0.3) is 0 Å². The lowest BCUT2D eigenvalue weighted by atomic mass is 10.0. The molecule has 2 N–H and O–H groups in total. The van der Waals surface area contributed by atoms with Crippen molar-refractivity contribution in [1.82, 2.24) is 5.32 Å². The Morgan fingerprint density at radius 1 is 1.16 bits per heavy atom. The summed E-state index contributed by atoms with van der Waals surface area (Å²) in [6.45, 7) is 6.84. The van der Waals surface area contributed by atoms with Gasteiger partial charge in [0.05, 0.1) is 0 Å². The number of nitrogens with one attached hydrogen (secondary N) is 1. The lowest BCUT2D eigenvalue weighted by Crippen LogP contribution is -2.31. The molecule has 19 heavy (non-hydrogen) atoms. The highest BCUT2D eigenvalue weighted by Crippen LogP contribution is 2.16. The Balaban J connectivity index is 2.54. The first-order chi connectivity index (χ1) is 9.21. The van der Waals surface area contributed by atoms with Gasteiger partial charge in [0.25, 0.3) is 0 Å². The molecule has 0 bridgehead atoms. The molecule has 2 unspecified atom stereocenters. The Bertz CT molecular complexity index is 334. The Kier molecular flexibility index (Phi) is 7.76. The van der Waals surface area contributed by atoms with E-state index in [0.29, 0.717) is 12.1 Å². The molecule has 2 atom stereocenters. The van der Waals surface area contributed by atoms with Gasteiger partial charge in [-0.3, -0.25) is 0 Å². The zero-order chi connectivity index (χ0) is 14.1. The van der Waals surface area contributed by atoms with Crippen LogP contribution in [0.15, 0.2) is 24.3 Å². The number of aryl methyl sites for hydroxylation is 1. The lowest BCUT2D eigenvalue weighted by molar-refractivity contribution is 0.257. The number of unbranched alkanes of at least 4 members (excludes halogenated alkanes) is 1. The highest BCUT2D eigenvalue weighted by molar-refractivity contribution is 5.24. The van der Waals surface area contributed by atoms with Crippen molar-refractivity contribution in [2.45, 2.75) is 65.0 Å². The third-order valence-electron chi connectivity index (χ3n) is 3.75. The topological polar surface area (TPSA) is 32.3 Å². The quantitative estimate of drug-likeness (QED) is 0.709. The monoisotopic (exact) mass is 263 g/mol. The van der Waals surface area contributed by atoms with E-state index in [1.54, 1.807) is 0 Å². The molecule has 0 aromatic heterocycles. The minimum Gasteiger partial charge on any atom is -0.396 e. The van der Waals surface area contributed by atoms with Crippen molar-refractivity contribution in [3.8, 4) is 0 Å². The largest absolute Gasteiger partial charge is 0.396 e. The molecule has 2 heteroatoms. The van der Waals surface area contributed by atoms with E-state index in [1.165, 1.54) is 30.4 Å². The molecule has 1 aromatic carbocycles. The van der Waals surface area contributed by atoms with Crippen molar-refractivity contribution in [2.75, 3.05) is 6.61 Å². The van der Waals surface area contributed by atoms with E-state index in [2.05, 4.69) is 50.4 Å². The molecule has 0 fully saturated rings. The predicted octanol–water partition coefficient (Wildman–Crippen LogP) is 3.84. The maximum absolute atomic E-state index is 9.03. The molecule has 1 aromatic rings. The van der Waals surface area contributed by atoms with E-state index in [0.717, 1.165) is 12.8 Å². The Morgan fingerprint density at radius 2 is 1.84 bits per heavy atom. The molecule has 0 spiro atoms. The molecule has 0 radical (unpaired) electrons. The van der Waals surface area contributed by atoms with E-state index in [9.17, 15) is 0 Å². The Morgan fingerprint density at radius 3 is 2.37 bits per heavy atom. The van der Waals surface area contributed by atoms with Crippen molar-refractivity contribution in [1.29, 1.82) is 0 Å². The molecule has 2 nitrogen and oxygen atoms in total. The molecule has 1 rings (SSSR count). The van der Waals surface area contributed by atoms with Gasteiger partial charge < -0.3 is 10.4 Å². The number of aliphatic hydroxyl groups is 1. The van der Waals surface area contributed by atoms with Gasteiger partial charge in [-0.25, -0.2) is 0 Å². The number of hydrogen-bond donors (Lipinski definition) is 2. The van der Waals surface area contributed by atoms with E-state index in [-0.39, 0.29) is 6.61 Å². The highest BCUT2D eigenvalue weighted by Gasteiger charge is 2.11. The molecule has 0 amide bonds. The highest BCUT2D eigenvalue weighted by atomic mass is 16.3. The van der Waals surface area contributed by atoms with Crippen LogP contribution >= 0.6 is 0 Å². The van der Waals surface area contributed by atoms with Gasteiger partial charge in [0.1, 0.15) is 0 Å². The van der Waals surface area contributed by atoms with Gasteiger partial charge >= 0.3 is 0 Å². The molecule has 0 heterocycles. The van der Waals surface area contributed by atoms with Gasteiger partial charge in [0.15, 0.2) is 0 Å². The third kappa shape index (κ3) is 5.75. The van der Waals surface area contributed by atoms with Crippen molar-refractivity contribution in [2.24, 2.45) is 0 Å². The van der Waals surface area contributed by atoms with Crippen molar-refractivity contribution in [3.63, 3.8) is 0 Å². The molecule has 108 valence electrons. The Labute approximate surface area is 118 Å². The van der Waals surface area contributed by atoms with Gasteiger partial charge in [-0.1, -0.05) is 44.5 Å². The summed E-state index contributed by atoms with van der Waals surface area (Å²) < 4.78 is 0. The van der Waals surface area contributed by atoms with Gasteiger partial charge in [-0.15, -0.1) is 0 Å². The van der Waals surface area contributed by atoms with Crippen LogP contribution in [0.3, 0.4) is 0 Å². The summed E-state index contributed by atoms with van der Waals surface area (Å²) in [5.74, 6) is 0. The zero-order valence-corrected chi connectivity index (χ0v) is 12.7. The fourth-order valence-electron chi connectivity index (χ4n) is 2.36. The first-order valence-electron chi connectivity index (χ1n) is 7.67. The summed E-state index contributed by atoms with van der Waals surface area (Å²) in [4.78, 5) is 0. The smallest absolute Gasteiger partial charge is 0.0445 e. The van der Waals surface area contributed by atoms with Gasteiger partial charge in [0.2, 0.25) is 0 Å². The van der Waals surface area contributed by atoms with Crippen molar-refractivity contribution < 1.29 is 5.11 Å². The van der Waals surface area contributed by atoms with Crippen molar-refractivity contribution in [3.05, 3.63) is 35.4 Å². The normalized spacial score (nSPS) is 14.3. The maximum Gasteiger partial charge on any atom is 0.0445 e. The molecule has 0 saturated carbocycles. The maximum atomic E-state index is 9.03. The average Bonchev–Trinajstić information content (AvgIpc) is 2.45. The van der Waals surface area contributed by atoms with Gasteiger partial charge in [-0.05, 0) is 43.7 Å². The second kappa shape index (κ2) is 9.11. The number of benzene rings is 1. The minimum atomic E-state index is 0.258. The zero-order valence-electron chi connectivity index (χ0n) is 12.7. The first-order valence-corrected chi connectivity index (χ1v) is 7.67. The summed E-state index contributed by atoms with van der Waals surface area (Å²) in [5, 5.41) is 12.6. The predicted molar refractivity (Wildman–Crippen MR) is 82.4 cm³/mol. The molecule has 0 aliphatic rings.